The van der Waals surface area contributed by atoms with Gasteiger partial charge in [0.15, 0.2) is 5.78 Å². The van der Waals surface area contributed by atoms with E-state index < -0.39 is 0 Å². The highest BCUT2D eigenvalue weighted by atomic mass is 32.2. The lowest BCUT2D eigenvalue weighted by atomic mass is 10.1. The van der Waals surface area contributed by atoms with Crippen molar-refractivity contribution in [3.8, 4) is 5.75 Å². The average Bonchev–Trinajstić information content (AvgIpc) is 3.05. The number of benzene rings is 2. The van der Waals surface area contributed by atoms with Crippen molar-refractivity contribution in [1.82, 2.24) is 5.43 Å². The average molecular weight is 326 g/mol. The Bertz CT molecular complexity index is 699. The highest BCUT2D eigenvalue weighted by molar-refractivity contribution is 8.15. The van der Waals surface area contributed by atoms with Crippen molar-refractivity contribution >= 4 is 22.6 Å². The number of nitrogens with one attached hydrogen (secondary N) is 1. The van der Waals surface area contributed by atoms with Gasteiger partial charge in [-0.3, -0.25) is 10.2 Å². The zero-order valence-corrected chi connectivity index (χ0v) is 13.7. The van der Waals surface area contributed by atoms with Gasteiger partial charge in [-0.2, -0.15) is 5.10 Å². The molecule has 0 fully saturated rings. The number of nitrogens with zero attached hydrogens (tertiary/aromatic N) is 1. The van der Waals surface area contributed by atoms with E-state index in [4.69, 9.17) is 4.74 Å². The van der Waals surface area contributed by atoms with E-state index in [1.54, 1.807) is 11.8 Å². The van der Waals surface area contributed by atoms with Gasteiger partial charge in [-0.25, -0.2) is 0 Å². The third-order valence-corrected chi connectivity index (χ3v) is 4.55. The number of Topliss-reactive ketones (excluding diaryl/α,β-unsaturated/α-hetero) is 1. The summed E-state index contributed by atoms with van der Waals surface area (Å²) in [7, 11) is 0. The number of hydrogen-bond donors (Lipinski definition) is 1. The Labute approximate surface area is 139 Å². The minimum absolute atomic E-state index is 0.0238. The normalized spacial score (nSPS) is 16.6. The van der Waals surface area contributed by atoms with Gasteiger partial charge in [0, 0.05) is 17.5 Å². The number of carbonyl (C=O) groups excluding carboxylic acids is 1. The minimum atomic E-state index is -0.0238. The summed E-state index contributed by atoms with van der Waals surface area (Å²) >= 11 is 1.59. The Morgan fingerprint density at radius 3 is 2.61 bits per heavy atom. The fourth-order valence-electron chi connectivity index (χ4n) is 2.31. The quantitative estimate of drug-likeness (QED) is 0.823. The molecule has 0 unspecified atom stereocenters. The van der Waals surface area contributed by atoms with Crippen molar-refractivity contribution < 1.29 is 9.53 Å². The predicted molar refractivity (Wildman–Crippen MR) is 94.1 cm³/mol. The summed E-state index contributed by atoms with van der Waals surface area (Å²) in [6, 6.07) is 17.3. The summed E-state index contributed by atoms with van der Waals surface area (Å²) in [5.41, 5.74) is 4.81. The van der Waals surface area contributed by atoms with Gasteiger partial charge in [-0.15, -0.1) is 0 Å². The topological polar surface area (TPSA) is 50.7 Å². The molecule has 23 heavy (non-hydrogen) atoms. The Balaban J connectivity index is 1.57. The van der Waals surface area contributed by atoms with E-state index in [0.717, 1.165) is 16.4 Å². The lowest BCUT2D eigenvalue weighted by Crippen LogP contribution is -2.20. The van der Waals surface area contributed by atoms with Crippen LogP contribution < -0.4 is 10.2 Å². The van der Waals surface area contributed by atoms with E-state index in [2.05, 4.69) is 10.5 Å². The smallest absolute Gasteiger partial charge is 0.165 e. The zero-order valence-electron chi connectivity index (χ0n) is 12.9. The summed E-state index contributed by atoms with van der Waals surface area (Å²) in [5, 5.41) is 5.23. The highest BCUT2D eigenvalue weighted by Gasteiger charge is 2.23. The summed E-state index contributed by atoms with van der Waals surface area (Å²) in [4.78, 5) is 12.4. The minimum Gasteiger partial charge on any atom is -0.494 e. The lowest BCUT2D eigenvalue weighted by Gasteiger charge is -2.09. The standard InChI is InChI=1S/C18H18N2O2S/c1-2-22-15-10-8-13(9-11-15)16(21)12-17-19-20-18(23-17)14-6-4-3-5-7-14/h3-11,17,19H,2,12H2,1H3/t17-/m1/s1. The third kappa shape index (κ3) is 3.93. The predicted octanol–water partition coefficient (Wildman–Crippen LogP) is 3.68. The molecule has 2 aromatic rings. The van der Waals surface area contributed by atoms with Crippen LogP contribution in [0.1, 0.15) is 29.3 Å². The van der Waals surface area contributed by atoms with Crippen LogP contribution in [0.5, 0.6) is 5.75 Å². The first kappa shape index (κ1) is 15.6. The first-order chi connectivity index (χ1) is 11.3. The Morgan fingerprint density at radius 2 is 1.91 bits per heavy atom. The molecule has 0 spiro atoms. The molecular weight excluding hydrogens is 308 g/mol. The molecule has 1 aliphatic heterocycles. The van der Waals surface area contributed by atoms with E-state index >= 15 is 0 Å². The van der Waals surface area contributed by atoms with Gasteiger partial charge in [0.1, 0.15) is 16.2 Å². The van der Waals surface area contributed by atoms with E-state index in [-0.39, 0.29) is 11.2 Å². The van der Waals surface area contributed by atoms with Crippen LogP contribution in [0.25, 0.3) is 0 Å². The lowest BCUT2D eigenvalue weighted by molar-refractivity contribution is 0.0979. The monoisotopic (exact) mass is 326 g/mol. The fraction of sp³-hybridized carbons (Fsp3) is 0.222. The molecule has 1 heterocycles. The molecule has 0 radical (unpaired) electrons. The van der Waals surface area contributed by atoms with Crippen LogP contribution in [0.3, 0.4) is 0 Å². The van der Waals surface area contributed by atoms with Crippen molar-refractivity contribution in [3.63, 3.8) is 0 Å². The van der Waals surface area contributed by atoms with Crippen LogP contribution in [-0.2, 0) is 0 Å². The number of thioether (sulfide) groups is 1. The molecule has 4 nitrogen and oxygen atoms in total. The van der Waals surface area contributed by atoms with Gasteiger partial charge in [0.2, 0.25) is 0 Å². The molecule has 0 amide bonds. The molecule has 1 N–H and O–H groups in total. The Hall–Kier alpha value is -2.27. The van der Waals surface area contributed by atoms with Crippen molar-refractivity contribution in [2.24, 2.45) is 5.10 Å². The molecule has 3 rings (SSSR count). The molecular formula is C18H18N2O2S. The second-order valence-corrected chi connectivity index (χ2v) is 6.29. The second-order valence-electron chi connectivity index (χ2n) is 5.10. The van der Waals surface area contributed by atoms with Crippen LogP contribution in [0.15, 0.2) is 59.7 Å². The second kappa shape index (κ2) is 7.33. The van der Waals surface area contributed by atoms with Gasteiger partial charge in [0.25, 0.3) is 0 Å². The van der Waals surface area contributed by atoms with Gasteiger partial charge >= 0.3 is 0 Å². The van der Waals surface area contributed by atoms with Gasteiger partial charge in [-0.1, -0.05) is 42.1 Å². The highest BCUT2D eigenvalue weighted by Crippen LogP contribution is 2.26. The van der Waals surface area contributed by atoms with Gasteiger partial charge in [0.05, 0.1) is 6.61 Å². The SMILES string of the molecule is CCOc1ccc(C(=O)C[C@@H]2NN=C(c3ccccc3)S2)cc1. The number of ketones is 1. The van der Waals surface area contributed by atoms with E-state index in [9.17, 15) is 4.79 Å². The molecule has 0 saturated heterocycles. The molecule has 5 heteroatoms. The molecule has 0 aliphatic carbocycles. The summed E-state index contributed by atoms with van der Waals surface area (Å²) in [6.07, 6.45) is 0.401. The number of carbonyl (C=O) groups is 1. The van der Waals surface area contributed by atoms with Crippen molar-refractivity contribution in [2.45, 2.75) is 18.7 Å². The van der Waals surface area contributed by atoms with Gasteiger partial charge in [-0.05, 0) is 31.2 Å². The maximum Gasteiger partial charge on any atom is 0.165 e. The van der Waals surface area contributed by atoms with Crippen LogP contribution >= 0.6 is 11.8 Å². The number of hydrazone groups is 1. The summed E-state index contributed by atoms with van der Waals surface area (Å²) < 4.78 is 5.39. The van der Waals surface area contributed by atoms with Crippen LogP contribution in [-0.4, -0.2) is 22.8 Å². The summed E-state index contributed by atoms with van der Waals surface area (Å²) in [5.74, 6) is 0.884. The molecule has 1 atom stereocenters. The number of rotatable bonds is 6. The molecule has 0 saturated carbocycles. The zero-order chi connectivity index (χ0) is 16.1. The fourth-order valence-corrected chi connectivity index (χ4v) is 3.30. The molecule has 118 valence electrons. The van der Waals surface area contributed by atoms with Crippen molar-refractivity contribution in [2.75, 3.05) is 6.61 Å². The van der Waals surface area contributed by atoms with Crippen LogP contribution in [0, 0.1) is 0 Å². The Morgan fingerprint density at radius 1 is 1.17 bits per heavy atom. The van der Waals surface area contributed by atoms with E-state index in [0.29, 0.717) is 18.6 Å². The van der Waals surface area contributed by atoms with Crippen molar-refractivity contribution in [3.05, 3.63) is 65.7 Å². The molecule has 2 aromatic carbocycles. The maximum atomic E-state index is 12.4. The van der Waals surface area contributed by atoms with Crippen LogP contribution in [0.4, 0.5) is 0 Å². The van der Waals surface area contributed by atoms with Crippen LogP contribution in [0.2, 0.25) is 0 Å². The number of hydrogen-bond acceptors (Lipinski definition) is 5. The molecule has 1 aliphatic rings. The first-order valence-corrected chi connectivity index (χ1v) is 8.45. The number of ether oxygens (including phenoxy) is 1. The molecule has 0 bridgehead atoms. The maximum absolute atomic E-state index is 12.4. The largest absolute Gasteiger partial charge is 0.494 e. The van der Waals surface area contributed by atoms with Gasteiger partial charge < -0.3 is 4.74 Å². The Kier molecular flexibility index (Phi) is 4.98. The third-order valence-electron chi connectivity index (χ3n) is 3.44. The van der Waals surface area contributed by atoms with Crippen molar-refractivity contribution in [1.29, 1.82) is 0 Å². The van der Waals surface area contributed by atoms with E-state index in [1.165, 1.54) is 0 Å². The molecule has 0 aromatic heterocycles. The summed E-state index contributed by atoms with van der Waals surface area (Å²) in [6.45, 7) is 2.56. The van der Waals surface area contributed by atoms with E-state index in [1.807, 2.05) is 61.5 Å². The first-order valence-electron chi connectivity index (χ1n) is 7.57.